The van der Waals surface area contributed by atoms with E-state index in [4.69, 9.17) is 4.74 Å². The maximum absolute atomic E-state index is 5.94. The van der Waals surface area contributed by atoms with Crippen LogP contribution in [0, 0.1) is 0 Å². The van der Waals surface area contributed by atoms with Gasteiger partial charge in [0.05, 0.1) is 11.2 Å². The van der Waals surface area contributed by atoms with Crippen LogP contribution < -0.4 is 4.74 Å². The molecule has 0 atom stereocenters. The Bertz CT molecular complexity index is 1300. The highest BCUT2D eigenvalue weighted by molar-refractivity contribution is 5.80. The van der Waals surface area contributed by atoms with Crippen molar-refractivity contribution in [3.05, 3.63) is 91.3 Å². The predicted octanol–water partition coefficient (Wildman–Crippen LogP) is 4.67. The average Bonchev–Trinajstić information content (AvgIpc) is 3.20. The summed E-state index contributed by atoms with van der Waals surface area (Å²) in [6, 6.07) is 17.8. The molecule has 4 aromatic heterocycles. The van der Waals surface area contributed by atoms with Crippen molar-refractivity contribution >= 4 is 10.9 Å². The molecule has 0 saturated carbocycles. The molecule has 1 aromatic carbocycles. The molecule has 6 heteroatoms. The quantitative estimate of drug-likeness (QED) is 0.434. The van der Waals surface area contributed by atoms with Gasteiger partial charge in [-0.15, -0.1) is 0 Å². The number of ether oxygens (including phenoxy) is 1. The van der Waals surface area contributed by atoms with Gasteiger partial charge in [-0.2, -0.15) is 5.10 Å². The Kier molecular flexibility index (Phi) is 4.65. The molecule has 0 spiro atoms. The normalized spacial score (nSPS) is 11.0. The van der Waals surface area contributed by atoms with Crippen molar-refractivity contribution in [2.45, 2.75) is 6.61 Å². The Morgan fingerprint density at radius 1 is 0.833 bits per heavy atom. The number of hydrogen-bond donors (Lipinski definition) is 0. The summed E-state index contributed by atoms with van der Waals surface area (Å²) in [6.45, 7) is 0.406. The molecule has 0 aliphatic carbocycles. The van der Waals surface area contributed by atoms with E-state index in [0.717, 1.165) is 44.7 Å². The van der Waals surface area contributed by atoms with Crippen LogP contribution >= 0.6 is 0 Å². The van der Waals surface area contributed by atoms with E-state index < -0.39 is 0 Å². The number of fused-ring (bicyclic) bond motifs is 1. The van der Waals surface area contributed by atoms with E-state index in [2.05, 4.69) is 20.1 Å². The lowest BCUT2D eigenvalue weighted by atomic mass is 10.0. The third kappa shape index (κ3) is 3.63. The van der Waals surface area contributed by atoms with Gasteiger partial charge in [-0.1, -0.05) is 0 Å². The Morgan fingerprint density at radius 2 is 1.63 bits per heavy atom. The fourth-order valence-electron chi connectivity index (χ4n) is 3.40. The molecule has 30 heavy (non-hydrogen) atoms. The maximum atomic E-state index is 5.94. The molecule has 0 radical (unpaired) electrons. The third-order valence-electron chi connectivity index (χ3n) is 4.88. The first-order valence-corrected chi connectivity index (χ1v) is 9.63. The van der Waals surface area contributed by atoms with E-state index >= 15 is 0 Å². The fourth-order valence-corrected chi connectivity index (χ4v) is 3.40. The van der Waals surface area contributed by atoms with Gasteiger partial charge >= 0.3 is 0 Å². The smallest absolute Gasteiger partial charge is 0.130 e. The summed E-state index contributed by atoms with van der Waals surface area (Å²) in [4.78, 5) is 12.8. The summed E-state index contributed by atoms with van der Waals surface area (Å²) >= 11 is 0. The molecule has 0 saturated heterocycles. The molecular weight excluding hydrogens is 374 g/mol. The number of benzene rings is 1. The van der Waals surface area contributed by atoms with Crippen LogP contribution in [0.15, 0.2) is 85.6 Å². The van der Waals surface area contributed by atoms with Crippen molar-refractivity contribution in [1.82, 2.24) is 24.7 Å². The van der Waals surface area contributed by atoms with Crippen LogP contribution in [0.3, 0.4) is 0 Å². The second-order valence-corrected chi connectivity index (χ2v) is 6.98. The summed E-state index contributed by atoms with van der Waals surface area (Å²) in [7, 11) is 1.93. The van der Waals surface area contributed by atoms with Gasteiger partial charge in [0.2, 0.25) is 0 Å². The van der Waals surface area contributed by atoms with Crippen molar-refractivity contribution in [3.63, 3.8) is 0 Å². The molecule has 146 valence electrons. The summed E-state index contributed by atoms with van der Waals surface area (Å²) in [5, 5.41) is 5.67. The summed E-state index contributed by atoms with van der Waals surface area (Å²) in [6.07, 6.45) is 9.16. The van der Waals surface area contributed by atoms with E-state index in [-0.39, 0.29) is 0 Å². The monoisotopic (exact) mass is 393 g/mol. The van der Waals surface area contributed by atoms with Gasteiger partial charge in [0.15, 0.2) is 0 Å². The van der Waals surface area contributed by atoms with Crippen molar-refractivity contribution in [3.8, 4) is 28.1 Å². The molecule has 0 unspecified atom stereocenters. The lowest BCUT2D eigenvalue weighted by Gasteiger charge is -2.08. The number of nitrogens with zero attached hydrogens (tertiary/aromatic N) is 5. The zero-order chi connectivity index (χ0) is 20.3. The Hall–Kier alpha value is -4.06. The van der Waals surface area contributed by atoms with Gasteiger partial charge in [0, 0.05) is 54.5 Å². The van der Waals surface area contributed by atoms with Gasteiger partial charge in [-0.25, -0.2) is 4.98 Å². The minimum Gasteiger partial charge on any atom is -0.487 e. The number of aryl methyl sites for hydroxylation is 1. The maximum Gasteiger partial charge on any atom is 0.130 e. The first-order chi connectivity index (χ1) is 14.8. The van der Waals surface area contributed by atoms with Crippen molar-refractivity contribution in [2.75, 3.05) is 0 Å². The number of pyridine rings is 3. The Labute approximate surface area is 173 Å². The molecule has 4 heterocycles. The Balaban J connectivity index is 1.35. The molecule has 0 N–H and O–H groups in total. The van der Waals surface area contributed by atoms with Crippen LogP contribution in [0.2, 0.25) is 0 Å². The molecular formula is C24H19N5O. The van der Waals surface area contributed by atoms with Crippen LogP contribution in [0.25, 0.3) is 33.3 Å². The van der Waals surface area contributed by atoms with Crippen LogP contribution in [-0.2, 0) is 13.7 Å². The molecule has 0 bridgehead atoms. The highest BCUT2D eigenvalue weighted by atomic mass is 16.5. The van der Waals surface area contributed by atoms with Crippen molar-refractivity contribution < 1.29 is 4.74 Å². The van der Waals surface area contributed by atoms with Gasteiger partial charge in [-0.05, 0) is 60.2 Å². The van der Waals surface area contributed by atoms with E-state index in [9.17, 15) is 0 Å². The highest BCUT2D eigenvalue weighted by Crippen LogP contribution is 2.31. The van der Waals surface area contributed by atoms with E-state index in [1.807, 2.05) is 78.7 Å². The zero-order valence-electron chi connectivity index (χ0n) is 16.4. The van der Waals surface area contributed by atoms with Gasteiger partial charge in [0.25, 0.3) is 0 Å². The van der Waals surface area contributed by atoms with Crippen LogP contribution in [0.5, 0.6) is 5.75 Å². The van der Waals surface area contributed by atoms with E-state index in [1.165, 1.54) is 0 Å². The number of aromatic nitrogens is 5. The van der Waals surface area contributed by atoms with Crippen molar-refractivity contribution in [2.24, 2.45) is 7.05 Å². The van der Waals surface area contributed by atoms with Crippen LogP contribution in [0.1, 0.15) is 5.69 Å². The zero-order valence-corrected chi connectivity index (χ0v) is 16.4. The standard InChI is InChI=1S/C24H19N5O/c1-29-15-22(17-8-11-25-12-9-17)24(28-29)18-3-6-21(7-4-18)30-16-20-5-2-19-14-26-13-10-23(19)27-20/h2-15H,16H2,1H3. The Morgan fingerprint density at radius 3 is 2.47 bits per heavy atom. The second kappa shape index (κ2) is 7.75. The number of hydrogen-bond acceptors (Lipinski definition) is 5. The first-order valence-electron chi connectivity index (χ1n) is 9.63. The summed E-state index contributed by atoms with van der Waals surface area (Å²) in [5.41, 5.74) is 5.92. The SMILES string of the molecule is Cn1cc(-c2ccncc2)c(-c2ccc(OCc3ccc4cnccc4n3)cc2)n1. The molecule has 0 amide bonds. The fraction of sp³-hybridized carbons (Fsp3) is 0.0833. The second-order valence-electron chi connectivity index (χ2n) is 6.98. The average molecular weight is 393 g/mol. The lowest BCUT2D eigenvalue weighted by Crippen LogP contribution is -1.98. The molecule has 5 rings (SSSR count). The van der Waals surface area contributed by atoms with Crippen LogP contribution in [-0.4, -0.2) is 24.7 Å². The first kappa shape index (κ1) is 18.0. The minimum atomic E-state index is 0.406. The predicted molar refractivity (Wildman–Crippen MR) is 116 cm³/mol. The minimum absolute atomic E-state index is 0.406. The van der Waals surface area contributed by atoms with Gasteiger partial charge < -0.3 is 4.74 Å². The number of rotatable bonds is 5. The largest absolute Gasteiger partial charge is 0.487 e. The third-order valence-corrected chi connectivity index (χ3v) is 4.88. The highest BCUT2D eigenvalue weighted by Gasteiger charge is 2.12. The topological polar surface area (TPSA) is 65.7 Å². The lowest BCUT2D eigenvalue weighted by molar-refractivity contribution is 0.302. The van der Waals surface area contributed by atoms with Gasteiger partial charge in [-0.3, -0.25) is 14.6 Å². The molecule has 6 nitrogen and oxygen atoms in total. The molecule has 0 aliphatic heterocycles. The molecule has 5 aromatic rings. The van der Waals surface area contributed by atoms with Crippen LogP contribution in [0.4, 0.5) is 0 Å². The molecule has 0 aliphatic rings. The summed E-state index contributed by atoms with van der Waals surface area (Å²) in [5.74, 6) is 0.789. The van der Waals surface area contributed by atoms with Crippen molar-refractivity contribution in [1.29, 1.82) is 0 Å². The van der Waals surface area contributed by atoms with E-state index in [0.29, 0.717) is 6.61 Å². The summed E-state index contributed by atoms with van der Waals surface area (Å²) < 4.78 is 7.77. The van der Waals surface area contributed by atoms with E-state index in [1.54, 1.807) is 18.6 Å². The van der Waals surface area contributed by atoms with Gasteiger partial charge in [0.1, 0.15) is 18.1 Å². The molecule has 0 fully saturated rings.